The number of ether oxygens (including phenoxy) is 3. The van der Waals surface area contributed by atoms with Gasteiger partial charge in [0.1, 0.15) is 11.5 Å². The molecule has 3 aromatic carbocycles. The summed E-state index contributed by atoms with van der Waals surface area (Å²) in [6, 6.07) is 20.4. The van der Waals surface area contributed by atoms with E-state index >= 15 is 0 Å². The summed E-state index contributed by atoms with van der Waals surface area (Å²) in [5, 5.41) is 9.14. The van der Waals surface area contributed by atoms with E-state index < -0.39 is 12.1 Å². The SMILES string of the molecule is COc1cccc(C=Nc2ccc(Oc3ccccc3C)cc2)c1O[C@@H](C)C(=O)O. The Labute approximate surface area is 175 Å². The third kappa shape index (κ3) is 5.17. The van der Waals surface area contributed by atoms with Gasteiger partial charge in [-0.05, 0) is 61.9 Å². The van der Waals surface area contributed by atoms with Crippen molar-refractivity contribution in [2.24, 2.45) is 4.99 Å². The van der Waals surface area contributed by atoms with Crippen molar-refractivity contribution >= 4 is 17.9 Å². The lowest BCUT2D eigenvalue weighted by molar-refractivity contribution is -0.144. The minimum Gasteiger partial charge on any atom is -0.493 e. The zero-order valence-electron chi connectivity index (χ0n) is 17.0. The van der Waals surface area contributed by atoms with Crippen LogP contribution in [0.3, 0.4) is 0 Å². The normalized spacial score (nSPS) is 11.8. The number of methoxy groups -OCH3 is 1. The number of para-hydroxylation sites is 2. The minimum absolute atomic E-state index is 0.332. The molecule has 6 heteroatoms. The second-order valence-electron chi connectivity index (χ2n) is 6.60. The summed E-state index contributed by atoms with van der Waals surface area (Å²) in [6.07, 6.45) is 0.593. The van der Waals surface area contributed by atoms with Crippen LogP contribution in [0, 0.1) is 6.92 Å². The molecule has 0 amide bonds. The van der Waals surface area contributed by atoms with Gasteiger partial charge in [-0.1, -0.05) is 24.3 Å². The molecule has 0 aliphatic carbocycles. The van der Waals surface area contributed by atoms with Crippen LogP contribution in [-0.4, -0.2) is 30.5 Å². The third-order valence-electron chi connectivity index (χ3n) is 4.38. The number of rotatable bonds is 8. The third-order valence-corrected chi connectivity index (χ3v) is 4.38. The Bertz CT molecular complexity index is 1040. The molecule has 30 heavy (non-hydrogen) atoms. The Hall–Kier alpha value is -3.80. The Morgan fingerprint density at radius 1 is 1.00 bits per heavy atom. The van der Waals surface area contributed by atoms with Crippen molar-refractivity contribution in [3.05, 3.63) is 77.9 Å². The van der Waals surface area contributed by atoms with E-state index in [1.165, 1.54) is 14.0 Å². The average Bonchev–Trinajstić information content (AvgIpc) is 2.75. The number of carboxylic acid groups (broad SMARTS) is 1. The van der Waals surface area contributed by atoms with E-state index in [4.69, 9.17) is 19.3 Å². The van der Waals surface area contributed by atoms with Crippen LogP contribution >= 0.6 is 0 Å². The molecule has 154 valence electrons. The zero-order chi connectivity index (χ0) is 21.5. The van der Waals surface area contributed by atoms with E-state index in [9.17, 15) is 4.79 Å². The minimum atomic E-state index is -1.06. The zero-order valence-corrected chi connectivity index (χ0v) is 17.0. The Kier molecular flexibility index (Phi) is 6.70. The molecule has 0 unspecified atom stereocenters. The predicted octanol–water partition coefficient (Wildman–Crippen LogP) is 5.40. The molecule has 0 bridgehead atoms. The summed E-state index contributed by atoms with van der Waals surface area (Å²) >= 11 is 0. The summed E-state index contributed by atoms with van der Waals surface area (Å²) in [5.41, 5.74) is 2.38. The number of aliphatic imine (C=N–C) groups is 1. The van der Waals surface area contributed by atoms with Crippen LogP contribution in [0.5, 0.6) is 23.0 Å². The van der Waals surface area contributed by atoms with E-state index in [1.807, 2.05) is 55.5 Å². The molecular formula is C24H23NO5. The number of nitrogens with zero attached hydrogens (tertiary/aromatic N) is 1. The molecule has 0 aliphatic rings. The van der Waals surface area contributed by atoms with Gasteiger partial charge in [-0.3, -0.25) is 4.99 Å². The fraction of sp³-hybridized carbons (Fsp3) is 0.167. The van der Waals surface area contributed by atoms with Crippen molar-refractivity contribution in [2.75, 3.05) is 7.11 Å². The Morgan fingerprint density at radius 3 is 2.37 bits per heavy atom. The maximum Gasteiger partial charge on any atom is 0.344 e. The van der Waals surface area contributed by atoms with E-state index in [-0.39, 0.29) is 0 Å². The van der Waals surface area contributed by atoms with Crippen molar-refractivity contribution in [1.29, 1.82) is 0 Å². The van der Waals surface area contributed by atoms with E-state index in [1.54, 1.807) is 24.4 Å². The first-order valence-corrected chi connectivity index (χ1v) is 9.42. The first-order valence-electron chi connectivity index (χ1n) is 9.42. The molecule has 0 saturated heterocycles. The molecule has 0 aliphatic heterocycles. The van der Waals surface area contributed by atoms with Crippen LogP contribution in [0.1, 0.15) is 18.1 Å². The summed E-state index contributed by atoms with van der Waals surface area (Å²) in [6.45, 7) is 3.45. The van der Waals surface area contributed by atoms with Gasteiger partial charge in [0.25, 0.3) is 0 Å². The number of hydrogen-bond donors (Lipinski definition) is 1. The first-order chi connectivity index (χ1) is 14.5. The fourth-order valence-corrected chi connectivity index (χ4v) is 2.69. The molecule has 3 aromatic rings. The Balaban J connectivity index is 1.78. The van der Waals surface area contributed by atoms with Crippen LogP contribution in [0.25, 0.3) is 0 Å². The summed E-state index contributed by atoms with van der Waals surface area (Å²) in [5.74, 6) is 1.23. The van der Waals surface area contributed by atoms with Gasteiger partial charge in [-0.2, -0.15) is 0 Å². The lowest BCUT2D eigenvalue weighted by Gasteiger charge is -2.15. The van der Waals surface area contributed by atoms with Crippen molar-refractivity contribution in [1.82, 2.24) is 0 Å². The molecule has 6 nitrogen and oxygen atoms in total. The van der Waals surface area contributed by atoms with Crippen LogP contribution in [0.15, 0.2) is 71.7 Å². The molecule has 1 N–H and O–H groups in total. The smallest absolute Gasteiger partial charge is 0.344 e. The quantitative estimate of drug-likeness (QED) is 0.508. The molecule has 0 aromatic heterocycles. The van der Waals surface area contributed by atoms with Gasteiger partial charge >= 0.3 is 5.97 Å². The second kappa shape index (κ2) is 9.60. The maximum atomic E-state index is 11.2. The molecule has 1 atom stereocenters. The Morgan fingerprint density at radius 2 is 1.70 bits per heavy atom. The van der Waals surface area contributed by atoms with Gasteiger partial charge < -0.3 is 19.3 Å². The lowest BCUT2D eigenvalue weighted by Crippen LogP contribution is -2.23. The number of carbonyl (C=O) groups is 1. The number of hydrogen-bond acceptors (Lipinski definition) is 5. The number of aliphatic carboxylic acids is 1. The van der Waals surface area contributed by atoms with Crippen molar-refractivity contribution in [3.8, 4) is 23.0 Å². The van der Waals surface area contributed by atoms with Crippen LogP contribution in [0.4, 0.5) is 5.69 Å². The van der Waals surface area contributed by atoms with Crippen LogP contribution in [-0.2, 0) is 4.79 Å². The standard InChI is InChI=1S/C24H23NO5/c1-16-7-4-5-9-21(16)30-20-13-11-19(12-14-20)25-15-18-8-6-10-22(28-3)23(18)29-17(2)24(26)27/h4-15,17H,1-3H3,(H,26,27)/t17-/m0/s1. The van der Waals surface area contributed by atoms with Gasteiger partial charge in [-0.25, -0.2) is 4.79 Å². The molecule has 0 heterocycles. The summed E-state index contributed by atoms with van der Waals surface area (Å²) in [7, 11) is 1.50. The van der Waals surface area contributed by atoms with Gasteiger partial charge in [0, 0.05) is 11.8 Å². The van der Waals surface area contributed by atoms with Crippen LogP contribution in [0.2, 0.25) is 0 Å². The summed E-state index contributed by atoms with van der Waals surface area (Å²) in [4.78, 5) is 15.6. The van der Waals surface area contributed by atoms with Gasteiger partial charge in [0.15, 0.2) is 17.6 Å². The van der Waals surface area contributed by atoms with Crippen molar-refractivity contribution in [2.45, 2.75) is 20.0 Å². The summed E-state index contributed by atoms with van der Waals surface area (Å²) < 4.78 is 16.8. The molecular weight excluding hydrogens is 382 g/mol. The largest absolute Gasteiger partial charge is 0.493 e. The topological polar surface area (TPSA) is 77.3 Å². The number of aryl methyl sites for hydroxylation is 1. The number of carboxylic acids is 1. The van der Waals surface area contributed by atoms with Gasteiger partial charge in [0.05, 0.1) is 12.8 Å². The first kappa shape index (κ1) is 20.9. The van der Waals surface area contributed by atoms with Crippen molar-refractivity contribution < 1.29 is 24.1 Å². The second-order valence-corrected chi connectivity index (χ2v) is 6.60. The molecule has 3 rings (SSSR count). The highest BCUT2D eigenvalue weighted by Crippen LogP contribution is 2.32. The van der Waals surface area contributed by atoms with E-state index in [2.05, 4.69) is 4.99 Å². The highest BCUT2D eigenvalue weighted by Gasteiger charge is 2.17. The monoisotopic (exact) mass is 405 g/mol. The highest BCUT2D eigenvalue weighted by molar-refractivity contribution is 5.87. The molecule has 0 spiro atoms. The fourth-order valence-electron chi connectivity index (χ4n) is 2.69. The molecule has 0 radical (unpaired) electrons. The maximum absolute atomic E-state index is 11.2. The van der Waals surface area contributed by atoms with E-state index in [0.717, 1.165) is 11.3 Å². The van der Waals surface area contributed by atoms with Gasteiger partial charge in [-0.15, -0.1) is 0 Å². The van der Waals surface area contributed by atoms with Crippen LogP contribution < -0.4 is 14.2 Å². The lowest BCUT2D eigenvalue weighted by atomic mass is 10.2. The molecule has 0 fully saturated rings. The molecule has 0 saturated carbocycles. The van der Waals surface area contributed by atoms with E-state index in [0.29, 0.717) is 28.5 Å². The van der Waals surface area contributed by atoms with Crippen molar-refractivity contribution in [3.63, 3.8) is 0 Å². The number of benzene rings is 3. The highest BCUT2D eigenvalue weighted by atomic mass is 16.5. The van der Waals surface area contributed by atoms with Gasteiger partial charge in [0.2, 0.25) is 0 Å². The predicted molar refractivity (Wildman–Crippen MR) is 116 cm³/mol. The average molecular weight is 405 g/mol.